The molecule has 0 radical (unpaired) electrons. The number of rotatable bonds is 4. The van der Waals surface area contributed by atoms with Crippen LogP contribution >= 0.6 is 0 Å². The number of nitrogens with one attached hydrogen (secondary N) is 2. The second-order valence-electron chi connectivity index (χ2n) is 5.09. The standard InChI is InChI=1S/C13H21N3O2/c1-9-5-7-14-10(2)13(9)15-12(17)4-3-11-6-8-18-16-11/h6,8-10,13-14H,3-5,7H2,1-2H3,(H,15,17)/t9-,10+,13+/m1/s1. The largest absolute Gasteiger partial charge is 0.365 e. The maximum Gasteiger partial charge on any atom is 0.220 e. The van der Waals surface area contributed by atoms with Crippen LogP contribution in [0.1, 0.15) is 32.4 Å². The third-order valence-electron chi connectivity index (χ3n) is 3.64. The summed E-state index contributed by atoms with van der Waals surface area (Å²) in [7, 11) is 0. The molecule has 0 spiro atoms. The van der Waals surface area contributed by atoms with Crippen LogP contribution in [0.25, 0.3) is 0 Å². The molecule has 0 bridgehead atoms. The molecule has 1 fully saturated rings. The van der Waals surface area contributed by atoms with Gasteiger partial charge in [0.1, 0.15) is 6.26 Å². The van der Waals surface area contributed by atoms with Crippen molar-refractivity contribution in [3.63, 3.8) is 0 Å². The first-order chi connectivity index (χ1) is 8.66. The van der Waals surface area contributed by atoms with Gasteiger partial charge in [0.25, 0.3) is 0 Å². The van der Waals surface area contributed by atoms with Gasteiger partial charge in [0.05, 0.1) is 5.69 Å². The van der Waals surface area contributed by atoms with Crippen LogP contribution in [-0.2, 0) is 11.2 Å². The van der Waals surface area contributed by atoms with Gasteiger partial charge in [-0.15, -0.1) is 0 Å². The van der Waals surface area contributed by atoms with Crippen molar-refractivity contribution in [1.29, 1.82) is 0 Å². The van der Waals surface area contributed by atoms with Gasteiger partial charge < -0.3 is 15.2 Å². The molecule has 1 aliphatic rings. The Morgan fingerprint density at radius 2 is 2.44 bits per heavy atom. The molecule has 3 atom stereocenters. The number of amides is 1. The van der Waals surface area contributed by atoms with Gasteiger partial charge in [0, 0.05) is 31.0 Å². The van der Waals surface area contributed by atoms with Gasteiger partial charge in [-0.3, -0.25) is 4.79 Å². The summed E-state index contributed by atoms with van der Waals surface area (Å²) in [6, 6.07) is 2.36. The lowest BCUT2D eigenvalue weighted by Crippen LogP contribution is -2.55. The summed E-state index contributed by atoms with van der Waals surface area (Å²) in [6.45, 7) is 5.35. The molecular formula is C13H21N3O2. The molecule has 18 heavy (non-hydrogen) atoms. The van der Waals surface area contributed by atoms with Crippen molar-refractivity contribution in [3.8, 4) is 0 Å². The predicted octanol–water partition coefficient (Wildman–Crippen LogP) is 1.11. The fourth-order valence-corrected chi connectivity index (χ4v) is 2.47. The maximum atomic E-state index is 11.9. The second-order valence-corrected chi connectivity index (χ2v) is 5.09. The summed E-state index contributed by atoms with van der Waals surface area (Å²) in [6.07, 6.45) is 3.73. The highest BCUT2D eigenvalue weighted by Gasteiger charge is 2.28. The summed E-state index contributed by atoms with van der Waals surface area (Å²) in [5, 5.41) is 10.3. The van der Waals surface area contributed by atoms with Crippen LogP contribution in [-0.4, -0.2) is 29.7 Å². The zero-order chi connectivity index (χ0) is 13.0. The van der Waals surface area contributed by atoms with E-state index in [2.05, 4.69) is 29.6 Å². The molecule has 1 aliphatic heterocycles. The molecule has 0 aliphatic carbocycles. The molecule has 5 nitrogen and oxygen atoms in total. The van der Waals surface area contributed by atoms with E-state index >= 15 is 0 Å². The van der Waals surface area contributed by atoms with Gasteiger partial charge in [-0.1, -0.05) is 12.1 Å². The van der Waals surface area contributed by atoms with Crippen LogP contribution in [0.2, 0.25) is 0 Å². The zero-order valence-electron chi connectivity index (χ0n) is 11.0. The van der Waals surface area contributed by atoms with E-state index in [1.165, 1.54) is 6.26 Å². The van der Waals surface area contributed by atoms with E-state index in [4.69, 9.17) is 4.52 Å². The van der Waals surface area contributed by atoms with Crippen LogP contribution in [0.4, 0.5) is 0 Å². The lowest BCUT2D eigenvalue weighted by molar-refractivity contribution is -0.122. The average molecular weight is 251 g/mol. The number of carbonyl (C=O) groups is 1. The minimum Gasteiger partial charge on any atom is -0.365 e. The third kappa shape index (κ3) is 3.32. The number of nitrogens with zero attached hydrogens (tertiary/aromatic N) is 1. The Bertz CT molecular complexity index is 368. The first-order valence-corrected chi connectivity index (χ1v) is 6.59. The van der Waals surface area contributed by atoms with E-state index in [0.29, 0.717) is 24.8 Å². The zero-order valence-corrected chi connectivity index (χ0v) is 11.0. The Hall–Kier alpha value is -1.36. The van der Waals surface area contributed by atoms with Crippen LogP contribution < -0.4 is 10.6 Å². The molecule has 2 N–H and O–H groups in total. The fraction of sp³-hybridized carbons (Fsp3) is 0.692. The Balaban J connectivity index is 1.79. The van der Waals surface area contributed by atoms with Gasteiger partial charge in [0.15, 0.2) is 0 Å². The summed E-state index contributed by atoms with van der Waals surface area (Å²) in [4.78, 5) is 11.9. The number of hydrogen-bond acceptors (Lipinski definition) is 4. The van der Waals surface area contributed by atoms with E-state index in [0.717, 1.165) is 18.7 Å². The van der Waals surface area contributed by atoms with Gasteiger partial charge >= 0.3 is 0 Å². The lowest BCUT2D eigenvalue weighted by atomic mass is 9.89. The lowest BCUT2D eigenvalue weighted by Gasteiger charge is -2.36. The van der Waals surface area contributed by atoms with Gasteiger partial charge in [0.2, 0.25) is 5.91 Å². The Morgan fingerprint density at radius 1 is 1.61 bits per heavy atom. The first-order valence-electron chi connectivity index (χ1n) is 6.59. The molecule has 0 saturated carbocycles. The predicted molar refractivity (Wildman–Crippen MR) is 68.0 cm³/mol. The van der Waals surface area contributed by atoms with Gasteiger partial charge in [-0.05, 0) is 25.8 Å². The summed E-state index contributed by atoms with van der Waals surface area (Å²) in [5.74, 6) is 0.614. The van der Waals surface area contributed by atoms with Crippen LogP contribution in [0, 0.1) is 5.92 Å². The molecule has 0 aromatic carbocycles. The summed E-state index contributed by atoms with van der Waals surface area (Å²) >= 11 is 0. The van der Waals surface area contributed by atoms with E-state index in [-0.39, 0.29) is 11.9 Å². The van der Waals surface area contributed by atoms with Gasteiger partial charge in [-0.2, -0.15) is 0 Å². The van der Waals surface area contributed by atoms with Crippen molar-refractivity contribution >= 4 is 5.91 Å². The third-order valence-corrected chi connectivity index (χ3v) is 3.64. The second kappa shape index (κ2) is 6.00. The molecule has 1 aromatic rings. The van der Waals surface area contributed by atoms with Crippen molar-refractivity contribution in [2.24, 2.45) is 5.92 Å². The summed E-state index contributed by atoms with van der Waals surface area (Å²) < 4.78 is 4.74. The topological polar surface area (TPSA) is 67.2 Å². The molecule has 2 heterocycles. The Labute approximate surface area is 107 Å². The molecule has 1 saturated heterocycles. The number of aromatic nitrogens is 1. The number of carbonyl (C=O) groups excluding carboxylic acids is 1. The highest BCUT2D eigenvalue weighted by Crippen LogP contribution is 2.16. The minimum absolute atomic E-state index is 0.0883. The number of piperidine rings is 1. The molecule has 1 aromatic heterocycles. The smallest absolute Gasteiger partial charge is 0.220 e. The van der Waals surface area contributed by atoms with Crippen molar-refractivity contribution in [2.45, 2.75) is 45.2 Å². The first kappa shape index (κ1) is 13.1. The number of aryl methyl sites for hydroxylation is 1. The average Bonchev–Trinajstić information content (AvgIpc) is 2.84. The van der Waals surface area contributed by atoms with Crippen molar-refractivity contribution in [1.82, 2.24) is 15.8 Å². The molecule has 1 amide bonds. The van der Waals surface area contributed by atoms with Crippen LogP contribution in [0.5, 0.6) is 0 Å². The number of hydrogen-bond donors (Lipinski definition) is 2. The van der Waals surface area contributed by atoms with Gasteiger partial charge in [-0.25, -0.2) is 0 Å². The van der Waals surface area contributed by atoms with Crippen molar-refractivity contribution in [2.75, 3.05) is 6.54 Å². The monoisotopic (exact) mass is 251 g/mol. The van der Waals surface area contributed by atoms with E-state index in [9.17, 15) is 4.79 Å². The molecule has 0 unspecified atom stereocenters. The maximum absolute atomic E-state index is 11.9. The molecule has 5 heteroatoms. The molecular weight excluding hydrogens is 230 g/mol. The molecule has 100 valence electrons. The highest BCUT2D eigenvalue weighted by atomic mass is 16.5. The van der Waals surface area contributed by atoms with Crippen LogP contribution in [0.3, 0.4) is 0 Å². The quantitative estimate of drug-likeness (QED) is 0.841. The van der Waals surface area contributed by atoms with Crippen molar-refractivity contribution in [3.05, 3.63) is 18.0 Å². The van der Waals surface area contributed by atoms with Crippen molar-refractivity contribution < 1.29 is 9.32 Å². The minimum atomic E-state index is 0.0883. The highest BCUT2D eigenvalue weighted by molar-refractivity contribution is 5.76. The van der Waals surface area contributed by atoms with E-state index in [1.54, 1.807) is 6.07 Å². The van der Waals surface area contributed by atoms with E-state index in [1.807, 2.05) is 0 Å². The van der Waals surface area contributed by atoms with E-state index < -0.39 is 0 Å². The Kier molecular flexibility index (Phi) is 4.36. The van der Waals surface area contributed by atoms with Crippen LogP contribution in [0.15, 0.2) is 16.9 Å². The fourth-order valence-electron chi connectivity index (χ4n) is 2.47. The SMILES string of the molecule is C[C@@H]1CCN[C@@H](C)[C@H]1NC(=O)CCc1ccon1. The molecule has 2 rings (SSSR count). The Morgan fingerprint density at radius 3 is 3.11 bits per heavy atom. The normalized spacial score (nSPS) is 28.0. The summed E-state index contributed by atoms with van der Waals surface area (Å²) in [5.41, 5.74) is 0.827.